The van der Waals surface area contributed by atoms with Crippen LogP contribution < -0.4 is 5.32 Å². The molecular formula is C16H34N2. The quantitative estimate of drug-likeness (QED) is 0.782. The molecule has 108 valence electrons. The van der Waals surface area contributed by atoms with E-state index >= 15 is 0 Å². The zero-order valence-electron chi connectivity index (χ0n) is 13.4. The van der Waals surface area contributed by atoms with E-state index in [9.17, 15) is 0 Å². The summed E-state index contributed by atoms with van der Waals surface area (Å²) in [7, 11) is 2.13. The highest BCUT2D eigenvalue weighted by molar-refractivity contribution is 4.85. The third kappa shape index (κ3) is 4.89. The lowest BCUT2D eigenvalue weighted by atomic mass is 9.78. The summed E-state index contributed by atoms with van der Waals surface area (Å²) in [6, 6.07) is 1.40. The maximum absolute atomic E-state index is 3.55. The third-order valence-electron chi connectivity index (χ3n) is 4.41. The first-order valence-electron chi connectivity index (χ1n) is 7.85. The Kier molecular flexibility index (Phi) is 6.65. The molecule has 1 aliphatic carbocycles. The fraction of sp³-hybridized carbons (Fsp3) is 1.00. The molecule has 3 atom stereocenters. The van der Waals surface area contributed by atoms with E-state index in [0.717, 1.165) is 23.8 Å². The van der Waals surface area contributed by atoms with Crippen molar-refractivity contribution in [2.45, 2.75) is 66.0 Å². The number of hydrogen-bond donors (Lipinski definition) is 1. The molecule has 0 saturated heterocycles. The van der Waals surface area contributed by atoms with Gasteiger partial charge in [-0.2, -0.15) is 0 Å². The summed E-state index contributed by atoms with van der Waals surface area (Å²) in [5.74, 6) is 2.51. The molecule has 18 heavy (non-hydrogen) atoms. The van der Waals surface area contributed by atoms with Gasteiger partial charge in [-0.05, 0) is 57.9 Å². The van der Waals surface area contributed by atoms with Crippen LogP contribution in [0.3, 0.4) is 0 Å². The standard InChI is InChI=1S/C16H34N2/c1-12(2)10-18(13(3)4)11-15-9-14(5)7-8-16(15)17-6/h12-17H,7-11H2,1-6H3. The Balaban J connectivity index is 2.59. The normalized spacial score (nSPS) is 29.5. The lowest BCUT2D eigenvalue weighted by Crippen LogP contribution is -2.46. The highest BCUT2D eigenvalue weighted by Gasteiger charge is 2.29. The first kappa shape index (κ1) is 16.0. The molecule has 1 saturated carbocycles. The van der Waals surface area contributed by atoms with Crippen molar-refractivity contribution in [1.29, 1.82) is 0 Å². The van der Waals surface area contributed by atoms with E-state index < -0.39 is 0 Å². The first-order chi connectivity index (χ1) is 8.43. The summed E-state index contributed by atoms with van der Waals surface area (Å²) >= 11 is 0. The van der Waals surface area contributed by atoms with Crippen molar-refractivity contribution in [3.63, 3.8) is 0 Å². The van der Waals surface area contributed by atoms with Crippen LogP contribution in [0.25, 0.3) is 0 Å². The van der Waals surface area contributed by atoms with E-state index in [-0.39, 0.29) is 0 Å². The van der Waals surface area contributed by atoms with Gasteiger partial charge in [0.2, 0.25) is 0 Å². The minimum atomic E-state index is 0.669. The molecule has 0 amide bonds. The number of rotatable bonds is 6. The molecule has 0 aromatic carbocycles. The topological polar surface area (TPSA) is 15.3 Å². The van der Waals surface area contributed by atoms with Crippen molar-refractivity contribution in [3.05, 3.63) is 0 Å². The van der Waals surface area contributed by atoms with Crippen LogP contribution in [0.2, 0.25) is 0 Å². The maximum atomic E-state index is 3.55. The fourth-order valence-electron chi connectivity index (χ4n) is 3.35. The van der Waals surface area contributed by atoms with Gasteiger partial charge in [-0.3, -0.25) is 0 Å². The number of nitrogens with one attached hydrogen (secondary N) is 1. The predicted molar refractivity (Wildman–Crippen MR) is 80.9 cm³/mol. The highest BCUT2D eigenvalue weighted by Crippen LogP contribution is 2.30. The fourth-order valence-corrected chi connectivity index (χ4v) is 3.35. The third-order valence-corrected chi connectivity index (χ3v) is 4.41. The molecule has 0 aromatic heterocycles. The van der Waals surface area contributed by atoms with Crippen LogP contribution in [-0.2, 0) is 0 Å². The van der Waals surface area contributed by atoms with Crippen LogP contribution in [0, 0.1) is 17.8 Å². The Morgan fingerprint density at radius 2 is 1.83 bits per heavy atom. The molecule has 1 fully saturated rings. The summed E-state index contributed by atoms with van der Waals surface area (Å²) in [6.07, 6.45) is 4.15. The largest absolute Gasteiger partial charge is 0.317 e. The lowest BCUT2D eigenvalue weighted by molar-refractivity contribution is 0.116. The predicted octanol–water partition coefficient (Wildman–Crippen LogP) is 3.38. The van der Waals surface area contributed by atoms with E-state index in [0.29, 0.717) is 6.04 Å². The summed E-state index contributed by atoms with van der Waals surface area (Å²) in [4.78, 5) is 2.68. The van der Waals surface area contributed by atoms with Crippen LogP contribution in [0.4, 0.5) is 0 Å². The zero-order valence-corrected chi connectivity index (χ0v) is 13.4. The average molecular weight is 254 g/mol. The second-order valence-corrected chi connectivity index (χ2v) is 7.01. The van der Waals surface area contributed by atoms with Gasteiger partial charge < -0.3 is 10.2 Å². The van der Waals surface area contributed by atoms with E-state index in [2.05, 4.69) is 51.9 Å². The molecule has 0 bridgehead atoms. The summed E-state index contributed by atoms with van der Waals surface area (Å²) in [5, 5.41) is 3.55. The second kappa shape index (κ2) is 7.49. The van der Waals surface area contributed by atoms with Crippen LogP contribution in [0.5, 0.6) is 0 Å². The van der Waals surface area contributed by atoms with Crippen LogP contribution in [0.15, 0.2) is 0 Å². The van der Waals surface area contributed by atoms with Gasteiger partial charge in [0, 0.05) is 25.2 Å². The Morgan fingerprint density at radius 3 is 2.33 bits per heavy atom. The second-order valence-electron chi connectivity index (χ2n) is 7.01. The van der Waals surface area contributed by atoms with Gasteiger partial charge in [0.25, 0.3) is 0 Å². The number of nitrogens with zero attached hydrogens (tertiary/aromatic N) is 1. The van der Waals surface area contributed by atoms with E-state index in [4.69, 9.17) is 0 Å². The minimum Gasteiger partial charge on any atom is -0.317 e. The van der Waals surface area contributed by atoms with Gasteiger partial charge in [-0.1, -0.05) is 20.8 Å². The van der Waals surface area contributed by atoms with E-state index in [1.54, 1.807) is 0 Å². The molecule has 0 spiro atoms. The Bertz CT molecular complexity index is 225. The van der Waals surface area contributed by atoms with Gasteiger partial charge in [0.1, 0.15) is 0 Å². The van der Waals surface area contributed by atoms with Crippen molar-refractivity contribution in [2.75, 3.05) is 20.1 Å². The molecule has 2 heteroatoms. The van der Waals surface area contributed by atoms with Gasteiger partial charge in [0.05, 0.1) is 0 Å². The Labute approximate surface area is 115 Å². The molecule has 1 aliphatic rings. The average Bonchev–Trinajstić information content (AvgIpc) is 2.27. The highest BCUT2D eigenvalue weighted by atomic mass is 15.2. The molecule has 3 unspecified atom stereocenters. The van der Waals surface area contributed by atoms with Crippen molar-refractivity contribution >= 4 is 0 Å². The van der Waals surface area contributed by atoms with Gasteiger partial charge in [-0.25, -0.2) is 0 Å². The Morgan fingerprint density at radius 1 is 1.17 bits per heavy atom. The van der Waals surface area contributed by atoms with Crippen molar-refractivity contribution in [1.82, 2.24) is 10.2 Å². The molecule has 0 aromatic rings. The summed E-state index contributed by atoms with van der Waals surface area (Å²) in [6.45, 7) is 14.3. The summed E-state index contributed by atoms with van der Waals surface area (Å²) < 4.78 is 0. The molecule has 0 radical (unpaired) electrons. The molecule has 0 aliphatic heterocycles. The van der Waals surface area contributed by atoms with Gasteiger partial charge >= 0.3 is 0 Å². The SMILES string of the molecule is CNC1CCC(C)CC1CN(CC(C)C)C(C)C. The summed E-state index contributed by atoms with van der Waals surface area (Å²) in [5.41, 5.74) is 0. The molecule has 2 nitrogen and oxygen atoms in total. The van der Waals surface area contributed by atoms with Gasteiger partial charge in [0.15, 0.2) is 0 Å². The van der Waals surface area contributed by atoms with Crippen LogP contribution in [-0.4, -0.2) is 37.1 Å². The lowest BCUT2D eigenvalue weighted by Gasteiger charge is -2.39. The monoisotopic (exact) mass is 254 g/mol. The molecule has 0 heterocycles. The van der Waals surface area contributed by atoms with Crippen LogP contribution in [0.1, 0.15) is 53.9 Å². The molecule has 1 N–H and O–H groups in total. The minimum absolute atomic E-state index is 0.669. The van der Waals surface area contributed by atoms with Crippen molar-refractivity contribution in [2.24, 2.45) is 17.8 Å². The first-order valence-corrected chi connectivity index (χ1v) is 7.85. The van der Waals surface area contributed by atoms with Crippen LogP contribution >= 0.6 is 0 Å². The van der Waals surface area contributed by atoms with Crippen molar-refractivity contribution < 1.29 is 0 Å². The van der Waals surface area contributed by atoms with E-state index in [1.807, 2.05) is 0 Å². The van der Waals surface area contributed by atoms with Crippen molar-refractivity contribution in [3.8, 4) is 0 Å². The molecule has 1 rings (SSSR count). The van der Waals surface area contributed by atoms with E-state index in [1.165, 1.54) is 32.4 Å². The van der Waals surface area contributed by atoms with Gasteiger partial charge in [-0.15, -0.1) is 0 Å². The molecular weight excluding hydrogens is 220 g/mol. The maximum Gasteiger partial charge on any atom is 0.0105 e. The smallest absolute Gasteiger partial charge is 0.0105 e. The Hall–Kier alpha value is -0.0800. The number of hydrogen-bond acceptors (Lipinski definition) is 2. The zero-order chi connectivity index (χ0) is 13.7.